The first kappa shape index (κ1) is 12.5. The molecule has 0 saturated carbocycles. The van der Waals surface area contributed by atoms with Gasteiger partial charge in [-0.05, 0) is 26.6 Å². The maximum Gasteiger partial charge on any atom is 0.157 e. The van der Waals surface area contributed by atoms with Crippen LogP contribution in [0.25, 0.3) is 0 Å². The normalized spacial score (nSPS) is 21.5. The van der Waals surface area contributed by atoms with Crippen LogP contribution in [-0.2, 0) is 0 Å². The lowest BCUT2D eigenvalue weighted by Crippen LogP contribution is -2.36. The molecule has 0 aromatic rings. The van der Waals surface area contributed by atoms with E-state index in [4.69, 9.17) is 0 Å². The van der Waals surface area contributed by atoms with Gasteiger partial charge < -0.3 is 15.7 Å². The summed E-state index contributed by atoms with van der Waals surface area (Å²) in [5, 5.41) is 15.7. The summed E-state index contributed by atoms with van der Waals surface area (Å²) in [7, 11) is 2.05. The van der Waals surface area contributed by atoms with Gasteiger partial charge in [0.05, 0.1) is 12.4 Å². The average Bonchev–Trinajstić information content (AvgIpc) is 2.21. The first-order valence-electron chi connectivity index (χ1n) is 4.99. The zero-order valence-electron chi connectivity index (χ0n) is 9.34. The minimum absolute atomic E-state index is 0.626. The minimum atomic E-state index is -0.626. The molecule has 0 spiro atoms. The summed E-state index contributed by atoms with van der Waals surface area (Å²) in [5.74, 6) is 0. The summed E-state index contributed by atoms with van der Waals surface area (Å²) in [6, 6.07) is 0. The van der Waals surface area contributed by atoms with E-state index in [1.807, 2.05) is 20.0 Å². The lowest BCUT2D eigenvalue weighted by atomic mass is 10.2. The molecule has 1 heterocycles. The Morgan fingerprint density at radius 1 is 1.67 bits per heavy atom. The number of halogens is 1. The number of aliphatic hydroxyl groups excluding tert-OH is 1. The third-order valence-electron chi connectivity index (χ3n) is 2.38. The molecule has 0 fully saturated rings. The second-order valence-electron chi connectivity index (χ2n) is 3.62. The number of nitrogens with one attached hydrogen (secondary N) is 2. The Hall–Kier alpha value is -0.520. The number of rotatable bonds is 4. The van der Waals surface area contributed by atoms with E-state index in [9.17, 15) is 5.11 Å². The van der Waals surface area contributed by atoms with Gasteiger partial charge in [0.2, 0.25) is 0 Å². The molecule has 5 heteroatoms. The molecule has 15 heavy (non-hydrogen) atoms. The Morgan fingerprint density at radius 3 is 2.93 bits per heavy atom. The highest BCUT2D eigenvalue weighted by molar-refractivity contribution is 9.11. The van der Waals surface area contributed by atoms with Gasteiger partial charge in [0.15, 0.2) is 6.23 Å². The zero-order chi connectivity index (χ0) is 11.4. The molecule has 1 atom stereocenters. The van der Waals surface area contributed by atoms with Crippen LogP contribution in [0.1, 0.15) is 13.8 Å². The molecular formula is C10H18BrN3O. The Balaban J connectivity index is 2.58. The summed E-state index contributed by atoms with van der Waals surface area (Å²) < 4.78 is 0.745. The fourth-order valence-electron chi connectivity index (χ4n) is 1.19. The Bertz CT molecular complexity index is 288. The Labute approximate surface area is 99.2 Å². The minimum Gasteiger partial charge on any atom is -0.371 e. The van der Waals surface area contributed by atoms with E-state index in [1.54, 1.807) is 0 Å². The highest BCUT2D eigenvalue weighted by Crippen LogP contribution is 2.18. The summed E-state index contributed by atoms with van der Waals surface area (Å²) in [6.45, 7) is 5.84. The number of aliphatic hydroxyl groups is 1. The third-order valence-corrected chi connectivity index (χ3v) is 3.04. The molecule has 0 unspecified atom stereocenters. The van der Waals surface area contributed by atoms with Crippen molar-refractivity contribution in [2.24, 2.45) is 0 Å². The van der Waals surface area contributed by atoms with Crippen molar-refractivity contribution in [3.8, 4) is 0 Å². The Kier molecular flexibility index (Phi) is 4.63. The van der Waals surface area contributed by atoms with Crippen molar-refractivity contribution in [3.63, 3.8) is 0 Å². The van der Waals surface area contributed by atoms with Gasteiger partial charge in [0.1, 0.15) is 0 Å². The van der Waals surface area contributed by atoms with Crippen molar-refractivity contribution in [2.45, 2.75) is 20.1 Å². The molecule has 0 amide bonds. The molecule has 1 aliphatic rings. The van der Waals surface area contributed by atoms with E-state index in [-0.39, 0.29) is 0 Å². The SMILES string of the molecule is CCN(C)CNC1=C(C)N[C@H](O)C(Br)=C1. The number of allylic oxidation sites excluding steroid dienone is 2. The van der Waals surface area contributed by atoms with E-state index in [0.29, 0.717) is 0 Å². The summed E-state index contributed by atoms with van der Waals surface area (Å²) >= 11 is 3.31. The number of hydrogen-bond donors (Lipinski definition) is 3. The maximum absolute atomic E-state index is 9.49. The van der Waals surface area contributed by atoms with Crippen LogP contribution in [-0.4, -0.2) is 36.5 Å². The highest BCUT2D eigenvalue weighted by Gasteiger charge is 2.15. The smallest absolute Gasteiger partial charge is 0.157 e. The second kappa shape index (κ2) is 5.53. The van der Waals surface area contributed by atoms with Crippen molar-refractivity contribution in [1.29, 1.82) is 0 Å². The molecule has 86 valence electrons. The summed E-state index contributed by atoms with van der Waals surface area (Å²) in [5.41, 5.74) is 1.96. The molecule has 1 rings (SSSR count). The molecular weight excluding hydrogens is 258 g/mol. The Morgan fingerprint density at radius 2 is 2.33 bits per heavy atom. The van der Waals surface area contributed by atoms with E-state index >= 15 is 0 Å². The first-order valence-corrected chi connectivity index (χ1v) is 5.79. The van der Waals surface area contributed by atoms with Gasteiger partial charge in [-0.15, -0.1) is 0 Å². The van der Waals surface area contributed by atoms with Crippen LogP contribution in [0.15, 0.2) is 22.0 Å². The first-order chi connectivity index (χ1) is 7.04. The maximum atomic E-state index is 9.49. The molecule has 0 aliphatic carbocycles. The fraction of sp³-hybridized carbons (Fsp3) is 0.600. The largest absolute Gasteiger partial charge is 0.371 e. The van der Waals surface area contributed by atoms with Gasteiger partial charge in [0.25, 0.3) is 0 Å². The van der Waals surface area contributed by atoms with Gasteiger partial charge in [-0.3, -0.25) is 4.90 Å². The molecule has 3 N–H and O–H groups in total. The fourth-order valence-corrected chi connectivity index (χ4v) is 1.54. The number of nitrogens with zero attached hydrogens (tertiary/aromatic N) is 1. The topological polar surface area (TPSA) is 47.5 Å². The number of dihydropyridines is 1. The zero-order valence-corrected chi connectivity index (χ0v) is 10.9. The van der Waals surface area contributed by atoms with Crippen LogP contribution < -0.4 is 10.6 Å². The van der Waals surface area contributed by atoms with Crippen LogP contribution in [0.2, 0.25) is 0 Å². The van der Waals surface area contributed by atoms with Crippen molar-refractivity contribution in [3.05, 3.63) is 22.0 Å². The molecule has 0 aromatic carbocycles. The molecule has 1 aliphatic heterocycles. The van der Waals surface area contributed by atoms with E-state index in [2.05, 4.69) is 38.4 Å². The van der Waals surface area contributed by atoms with Crippen LogP contribution >= 0.6 is 15.9 Å². The molecule has 4 nitrogen and oxygen atoms in total. The lowest BCUT2D eigenvalue weighted by Gasteiger charge is -2.24. The average molecular weight is 276 g/mol. The quantitative estimate of drug-likeness (QED) is 0.668. The van der Waals surface area contributed by atoms with E-state index < -0.39 is 6.23 Å². The monoisotopic (exact) mass is 275 g/mol. The van der Waals surface area contributed by atoms with Gasteiger partial charge in [0, 0.05) is 10.2 Å². The van der Waals surface area contributed by atoms with Crippen molar-refractivity contribution in [1.82, 2.24) is 15.5 Å². The standard InChI is InChI=1S/C10H18BrN3O/c1-4-14(3)6-12-9-5-8(11)10(15)13-7(9)2/h5,10,12-13,15H,4,6H2,1-3H3/t10-/m1/s1. The van der Waals surface area contributed by atoms with Crippen LogP contribution in [0.3, 0.4) is 0 Å². The molecule has 0 saturated heterocycles. The van der Waals surface area contributed by atoms with Crippen molar-refractivity contribution in [2.75, 3.05) is 20.3 Å². The summed E-state index contributed by atoms with van der Waals surface area (Å²) in [4.78, 5) is 2.16. The van der Waals surface area contributed by atoms with Crippen LogP contribution in [0.4, 0.5) is 0 Å². The molecule has 0 radical (unpaired) electrons. The van der Waals surface area contributed by atoms with Gasteiger partial charge >= 0.3 is 0 Å². The van der Waals surface area contributed by atoms with Crippen LogP contribution in [0.5, 0.6) is 0 Å². The summed E-state index contributed by atoms with van der Waals surface area (Å²) in [6.07, 6.45) is 1.28. The third kappa shape index (κ3) is 3.52. The predicted molar refractivity (Wildman–Crippen MR) is 65.2 cm³/mol. The molecule has 0 bridgehead atoms. The second-order valence-corrected chi connectivity index (χ2v) is 4.54. The highest BCUT2D eigenvalue weighted by atomic mass is 79.9. The number of hydrogen-bond acceptors (Lipinski definition) is 4. The van der Waals surface area contributed by atoms with Gasteiger partial charge in [-0.1, -0.05) is 22.9 Å². The van der Waals surface area contributed by atoms with E-state index in [1.165, 1.54) is 0 Å². The van der Waals surface area contributed by atoms with Crippen LogP contribution in [0, 0.1) is 0 Å². The predicted octanol–water partition coefficient (Wildman–Crippen LogP) is 0.917. The van der Waals surface area contributed by atoms with Gasteiger partial charge in [-0.25, -0.2) is 0 Å². The van der Waals surface area contributed by atoms with Gasteiger partial charge in [-0.2, -0.15) is 0 Å². The van der Waals surface area contributed by atoms with Crippen molar-refractivity contribution >= 4 is 15.9 Å². The van der Waals surface area contributed by atoms with Crippen molar-refractivity contribution < 1.29 is 5.11 Å². The van der Waals surface area contributed by atoms with E-state index in [0.717, 1.165) is 29.1 Å². The molecule has 0 aromatic heterocycles. The lowest BCUT2D eigenvalue weighted by molar-refractivity contribution is 0.191.